The normalized spacial score (nSPS) is 20.0. The molecule has 2 aliphatic rings. The monoisotopic (exact) mass is 367 g/mol. The summed E-state index contributed by atoms with van der Waals surface area (Å²) in [4.78, 5) is 37.9. The lowest BCUT2D eigenvalue weighted by Gasteiger charge is -2.29. The second kappa shape index (κ2) is 6.00. The topological polar surface area (TPSA) is 97.2 Å². The predicted octanol–water partition coefficient (Wildman–Crippen LogP) is 1.33. The summed E-state index contributed by atoms with van der Waals surface area (Å²) in [6, 6.07) is 4.95. The quantitative estimate of drug-likeness (QED) is 0.808. The van der Waals surface area contributed by atoms with E-state index in [0.29, 0.717) is 18.5 Å². The van der Waals surface area contributed by atoms with Gasteiger partial charge in [0.05, 0.1) is 17.6 Å². The van der Waals surface area contributed by atoms with E-state index in [0.717, 1.165) is 16.9 Å². The molecular formula is C19H21N5O3. The molecule has 0 bridgehead atoms. The molecule has 1 N–H and O–H groups in total. The lowest BCUT2D eigenvalue weighted by atomic mass is 9.93. The molecule has 0 saturated carbocycles. The first-order valence-corrected chi connectivity index (χ1v) is 8.95. The van der Waals surface area contributed by atoms with Gasteiger partial charge in [0.2, 0.25) is 11.8 Å². The van der Waals surface area contributed by atoms with E-state index >= 15 is 0 Å². The minimum atomic E-state index is -0.607. The molecule has 1 aromatic carbocycles. The zero-order chi connectivity index (χ0) is 19.3. The molecule has 140 valence electrons. The summed E-state index contributed by atoms with van der Waals surface area (Å²) in [6.45, 7) is 6.55. The van der Waals surface area contributed by atoms with E-state index in [1.54, 1.807) is 10.7 Å². The molecule has 1 saturated heterocycles. The number of hydrogen-bond acceptors (Lipinski definition) is 5. The van der Waals surface area contributed by atoms with Crippen molar-refractivity contribution in [3.8, 4) is 5.69 Å². The second-order valence-corrected chi connectivity index (χ2v) is 8.04. The Morgan fingerprint density at radius 3 is 2.63 bits per heavy atom. The highest BCUT2D eigenvalue weighted by Crippen LogP contribution is 2.29. The Morgan fingerprint density at radius 2 is 1.96 bits per heavy atom. The maximum absolute atomic E-state index is 12.9. The van der Waals surface area contributed by atoms with Gasteiger partial charge in [0.1, 0.15) is 6.04 Å². The van der Waals surface area contributed by atoms with Gasteiger partial charge in [-0.25, -0.2) is 4.68 Å². The SMILES string of the molecule is CC(C)(C)c1cn(-c2ccc3c(c2)C(=O)N(C2CCC(=O)NC2=O)C3)nn1. The number of hydrogen-bond donors (Lipinski definition) is 1. The van der Waals surface area contributed by atoms with Gasteiger partial charge in [-0.1, -0.05) is 32.1 Å². The van der Waals surface area contributed by atoms with Crippen LogP contribution in [0.4, 0.5) is 0 Å². The van der Waals surface area contributed by atoms with Crippen LogP contribution in [0.5, 0.6) is 0 Å². The first kappa shape index (κ1) is 17.4. The Hall–Kier alpha value is -3.03. The van der Waals surface area contributed by atoms with Crippen LogP contribution in [0.1, 0.15) is 55.2 Å². The Balaban J connectivity index is 1.61. The van der Waals surface area contributed by atoms with Gasteiger partial charge in [-0.2, -0.15) is 0 Å². The number of nitrogens with zero attached hydrogens (tertiary/aromatic N) is 4. The number of carbonyl (C=O) groups is 3. The van der Waals surface area contributed by atoms with Crippen molar-refractivity contribution in [2.75, 3.05) is 0 Å². The van der Waals surface area contributed by atoms with Crippen LogP contribution in [0.25, 0.3) is 5.69 Å². The summed E-state index contributed by atoms with van der Waals surface area (Å²) in [6.07, 6.45) is 2.46. The molecule has 0 radical (unpaired) electrons. The molecule has 3 heterocycles. The summed E-state index contributed by atoms with van der Waals surface area (Å²) in [5.41, 5.74) is 2.91. The Morgan fingerprint density at radius 1 is 1.19 bits per heavy atom. The van der Waals surface area contributed by atoms with Crippen LogP contribution < -0.4 is 5.32 Å². The highest BCUT2D eigenvalue weighted by molar-refractivity contribution is 6.05. The van der Waals surface area contributed by atoms with Gasteiger partial charge in [0.25, 0.3) is 5.91 Å². The molecule has 0 aliphatic carbocycles. The fraction of sp³-hybridized carbons (Fsp3) is 0.421. The molecule has 0 spiro atoms. The largest absolute Gasteiger partial charge is 0.322 e. The van der Waals surface area contributed by atoms with Gasteiger partial charge in [-0.15, -0.1) is 5.10 Å². The summed E-state index contributed by atoms with van der Waals surface area (Å²) < 4.78 is 1.66. The molecule has 1 fully saturated rings. The zero-order valence-electron chi connectivity index (χ0n) is 15.5. The Kier molecular flexibility index (Phi) is 3.87. The maximum atomic E-state index is 12.9. The number of carbonyl (C=O) groups excluding carboxylic acids is 3. The van der Waals surface area contributed by atoms with E-state index in [1.807, 2.05) is 18.3 Å². The van der Waals surface area contributed by atoms with Crippen molar-refractivity contribution in [1.82, 2.24) is 25.2 Å². The average molecular weight is 367 g/mol. The molecule has 1 unspecified atom stereocenters. The third kappa shape index (κ3) is 3.01. The van der Waals surface area contributed by atoms with E-state index in [-0.39, 0.29) is 23.7 Å². The van der Waals surface area contributed by atoms with Crippen molar-refractivity contribution in [1.29, 1.82) is 0 Å². The van der Waals surface area contributed by atoms with Gasteiger partial charge in [0.15, 0.2) is 0 Å². The maximum Gasteiger partial charge on any atom is 0.255 e. The van der Waals surface area contributed by atoms with E-state index in [2.05, 4.69) is 36.4 Å². The van der Waals surface area contributed by atoms with Crippen molar-refractivity contribution in [3.63, 3.8) is 0 Å². The minimum absolute atomic E-state index is 0.118. The molecule has 2 aliphatic heterocycles. The summed E-state index contributed by atoms with van der Waals surface area (Å²) in [5, 5.41) is 10.7. The molecule has 1 aromatic heterocycles. The van der Waals surface area contributed by atoms with Crippen molar-refractivity contribution in [2.24, 2.45) is 0 Å². The van der Waals surface area contributed by atoms with Crippen LogP contribution in [0.3, 0.4) is 0 Å². The summed E-state index contributed by atoms with van der Waals surface area (Å²) in [7, 11) is 0. The number of amides is 3. The molecule has 27 heavy (non-hydrogen) atoms. The highest BCUT2D eigenvalue weighted by Gasteiger charge is 2.39. The molecule has 8 heteroatoms. The molecule has 4 rings (SSSR count). The van der Waals surface area contributed by atoms with E-state index < -0.39 is 11.9 Å². The summed E-state index contributed by atoms with van der Waals surface area (Å²) >= 11 is 0. The van der Waals surface area contributed by atoms with Gasteiger partial charge in [-0.3, -0.25) is 19.7 Å². The average Bonchev–Trinajstić information content (AvgIpc) is 3.20. The molecule has 1 atom stereocenters. The smallest absolute Gasteiger partial charge is 0.255 e. The number of piperidine rings is 1. The second-order valence-electron chi connectivity index (χ2n) is 8.04. The lowest BCUT2D eigenvalue weighted by Crippen LogP contribution is -2.52. The predicted molar refractivity (Wildman–Crippen MR) is 96.1 cm³/mol. The number of imide groups is 1. The molecular weight excluding hydrogens is 346 g/mol. The minimum Gasteiger partial charge on any atom is -0.322 e. The lowest BCUT2D eigenvalue weighted by molar-refractivity contribution is -0.136. The van der Waals surface area contributed by atoms with Crippen molar-refractivity contribution in [2.45, 2.75) is 51.6 Å². The van der Waals surface area contributed by atoms with Gasteiger partial charge in [-0.05, 0) is 24.1 Å². The van der Waals surface area contributed by atoms with Crippen LogP contribution in [-0.4, -0.2) is 43.7 Å². The van der Waals surface area contributed by atoms with Gasteiger partial charge < -0.3 is 4.90 Å². The van der Waals surface area contributed by atoms with E-state index in [4.69, 9.17) is 0 Å². The van der Waals surface area contributed by atoms with Crippen LogP contribution in [0.2, 0.25) is 0 Å². The Bertz CT molecular complexity index is 956. The number of nitrogens with one attached hydrogen (secondary N) is 1. The first-order chi connectivity index (χ1) is 12.7. The molecule has 8 nitrogen and oxygen atoms in total. The van der Waals surface area contributed by atoms with Crippen molar-refractivity contribution >= 4 is 17.7 Å². The van der Waals surface area contributed by atoms with E-state index in [1.165, 1.54) is 4.90 Å². The fourth-order valence-corrected chi connectivity index (χ4v) is 3.42. The number of benzene rings is 1. The van der Waals surface area contributed by atoms with Crippen molar-refractivity contribution < 1.29 is 14.4 Å². The van der Waals surface area contributed by atoms with Crippen LogP contribution in [0, 0.1) is 0 Å². The highest BCUT2D eigenvalue weighted by atomic mass is 16.2. The fourth-order valence-electron chi connectivity index (χ4n) is 3.42. The van der Waals surface area contributed by atoms with Crippen LogP contribution in [0.15, 0.2) is 24.4 Å². The molecule has 2 aromatic rings. The van der Waals surface area contributed by atoms with Gasteiger partial charge in [0, 0.05) is 23.9 Å². The van der Waals surface area contributed by atoms with Crippen LogP contribution in [-0.2, 0) is 21.5 Å². The van der Waals surface area contributed by atoms with Gasteiger partial charge >= 0.3 is 0 Å². The van der Waals surface area contributed by atoms with E-state index in [9.17, 15) is 14.4 Å². The number of rotatable bonds is 2. The third-order valence-corrected chi connectivity index (χ3v) is 5.04. The number of aromatic nitrogens is 3. The standard InChI is InChI=1S/C19H21N5O3/c1-19(2,3)15-10-24(22-21-15)12-5-4-11-9-23(18(27)13(11)8-12)14-6-7-16(25)20-17(14)26/h4-5,8,10,14H,6-7,9H2,1-3H3,(H,20,25,26). The van der Waals surface area contributed by atoms with Crippen molar-refractivity contribution in [3.05, 3.63) is 41.2 Å². The first-order valence-electron chi connectivity index (χ1n) is 8.95. The third-order valence-electron chi connectivity index (χ3n) is 5.04. The van der Waals surface area contributed by atoms with Crippen LogP contribution >= 0.6 is 0 Å². The zero-order valence-corrected chi connectivity index (χ0v) is 15.5. The molecule has 3 amide bonds. The Labute approximate surface area is 156 Å². The number of fused-ring (bicyclic) bond motifs is 1. The summed E-state index contributed by atoms with van der Waals surface area (Å²) in [5.74, 6) is -0.889.